The van der Waals surface area contributed by atoms with Gasteiger partial charge < -0.3 is 15.3 Å². The molecule has 0 atom stereocenters. The molecule has 1 fully saturated rings. The van der Waals surface area contributed by atoms with Crippen LogP contribution in [0.5, 0.6) is 0 Å². The smallest absolute Gasteiger partial charge is 0.0471 e. The first-order valence-electron chi connectivity index (χ1n) is 8.57. The maximum Gasteiger partial charge on any atom is 0.0471 e. The molecule has 2 N–H and O–H groups in total. The molecule has 0 saturated carbocycles. The highest BCUT2D eigenvalue weighted by molar-refractivity contribution is 5.48. The van der Waals surface area contributed by atoms with Crippen LogP contribution in [0.1, 0.15) is 24.0 Å². The second-order valence-electron chi connectivity index (χ2n) is 6.27. The van der Waals surface area contributed by atoms with Gasteiger partial charge in [-0.15, -0.1) is 0 Å². The number of nitrogens with one attached hydrogen (secondary N) is 1. The Kier molecular flexibility index (Phi) is 5.67. The molecule has 0 radical (unpaired) electrons. The first kappa shape index (κ1) is 16.0. The van der Waals surface area contributed by atoms with Crippen molar-refractivity contribution in [2.75, 3.05) is 24.6 Å². The van der Waals surface area contributed by atoms with Crippen molar-refractivity contribution >= 4 is 5.69 Å². The van der Waals surface area contributed by atoms with Crippen LogP contribution in [0.2, 0.25) is 0 Å². The van der Waals surface area contributed by atoms with Gasteiger partial charge in [-0.05, 0) is 42.5 Å². The summed E-state index contributed by atoms with van der Waals surface area (Å²) >= 11 is 0. The van der Waals surface area contributed by atoms with E-state index in [-0.39, 0.29) is 6.61 Å². The normalized spacial score (nSPS) is 15.8. The van der Waals surface area contributed by atoms with Gasteiger partial charge in [-0.1, -0.05) is 42.5 Å². The predicted molar refractivity (Wildman–Crippen MR) is 95.7 cm³/mol. The van der Waals surface area contributed by atoms with Gasteiger partial charge in [-0.3, -0.25) is 0 Å². The van der Waals surface area contributed by atoms with Crippen LogP contribution < -0.4 is 10.2 Å². The van der Waals surface area contributed by atoms with E-state index >= 15 is 0 Å². The summed E-state index contributed by atoms with van der Waals surface area (Å²) in [6.07, 6.45) is 3.11. The van der Waals surface area contributed by atoms with E-state index in [1.54, 1.807) is 0 Å². The molecule has 3 heteroatoms. The van der Waals surface area contributed by atoms with Gasteiger partial charge in [0, 0.05) is 38.0 Å². The topological polar surface area (TPSA) is 35.5 Å². The molecule has 1 aliphatic rings. The summed E-state index contributed by atoms with van der Waals surface area (Å²) in [6.45, 7) is 3.39. The lowest BCUT2D eigenvalue weighted by Crippen LogP contribution is -2.42. The van der Waals surface area contributed by atoms with E-state index in [4.69, 9.17) is 5.11 Å². The Bertz CT molecular complexity index is 574. The van der Waals surface area contributed by atoms with Gasteiger partial charge in [-0.25, -0.2) is 0 Å². The first-order chi connectivity index (χ1) is 11.3. The van der Waals surface area contributed by atoms with Crippen molar-refractivity contribution in [3.8, 4) is 0 Å². The first-order valence-corrected chi connectivity index (χ1v) is 8.57. The number of piperidine rings is 1. The Labute approximate surface area is 139 Å². The molecule has 122 valence electrons. The number of aliphatic hydroxyl groups excluding tert-OH is 1. The quantitative estimate of drug-likeness (QED) is 0.861. The number of hydrogen-bond acceptors (Lipinski definition) is 3. The molecule has 0 amide bonds. The Morgan fingerprint density at radius 1 is 0.913 bits per heavy atom. The lowest BCUT2D eigenvalue weighted by atomic mass is 10.0. The number of anilines is 1. The van der Waals surface area contributed by atoms with E-state index in [9.17, 15) is 0 Å². The summed E-state index contributed by atoms with van der Waals surface area (Å²) in [5, 5.41) is 12.7. The fourth-order valence-electron chi connectivity index (χ4n) is 3.20. The molecule has 2 aromatic carbocycles. The lowest BCUT2D eigenvalue weighted by Gasteiger charge is -2.34. The molecule has 1 aliphatic heterocycles. The minimum absolute atomic E-state index is 0.220. The van der Waals surface area contributed by atoms with Gasteiger partial charge in [0.15, 0.2) is 0 Å². The average Bonchev–Trinajstić information content (AvgIpc) is 2.62. The molecule has 3 nitrogen and oxygen atoms in total. The molecule has 0 spiro atoms. The highest BCUT2D eigenvalue weighted by Crippen LogP contribution is 2.21. The molecule has 0 aromatic heterocycles. The van der Waals surface area contributed by atoms with E-state index in [0.29, 0.717) is 6.04 Å². The summed E-state index contributed by atoms with van der Waals surface area (Å²) in [7, 11) is 0. The number of nitrogens with zero attached hydrogens (tertiary/aromatic N) is 1. The average molecular weight is 310 g/mol. The molecular weight excluding hydrogens is 284 g/mol. The molecule has 1 saturated heterocycles. The molecule has 0 aliphatic carbocycles. The highest BCUT2D eigenvalue weighted by Gasteiger charge is 2.18. The van der Waals surface area contributed by atoms with Crippen LogP contribution in [0.3, 0.4) is 0 Å². The van der Waals surface area contributed by atoms with Crippen LogP contribution in [0, 0.1) is 0 Å². The largest absolute Gasteiger partial charge is 0.396 e. The van der Waals surface area contributed by atoms with Gasteiger partial charge in [0.05, 0.1) is 0 Å². The maximum atomic E-state index is 8.98. The van der Waals surface area contributed by atoms with Crippen LogP contribution in [0.15, 0.2) is 54.6 Å². The van der Waals surface area contributed by atoms with Gasteiger partial charge in [-0.2, -0.15) is 0 Å². The summed E-state index contributed by atoms with van der Waals surface area (Å²) in [4.78, 5) is 2.46. The van der Waals surface area contributed by atoms with Crippen LogP contribution in [0.25, 0.3) is 0 Å². The number of benzene rings is 2. The van der Waals surface area contributed by atoms with Crippen LogP contribution in [-0.4, -0.2) is 30.8 Å². The Morgan fingerprint density at radius 3 is 2.26 bits per heavy atom. The van der Waals surface area contributed by atoms with Crippen molar-refractivity contribution in [3.63, 3.8) is 0 Å². The van der Waals surface area contributed by atoms with Crippen LogP contribution >= 0.6 is 0 Å². The van der Waals surface area contributed by atoms with Gasteiger partial charge in [0.25, 0.3) is 0 Å². The van der Waals surface area contributed by atoms with Crippen molar-refractivity contribution in [1.82, 2.24) is 5.32 Å². The van der Waals surface area contributed by atoms with Gasteiger partial charge >= 0.3 is 0 Å². The monoisotopic (exact) mass is 310 g/mol. The fraction of sp³-hybridized carbons (Fsp3) is 0.400. The van der Waals surface area contributed by atoms with E-state index in [1.807, 2.05) is 0 Å². The minimum atomic E-state index is 0.220. The van der Waals surface area contributed by atoms with Gasteiger partial charge in [0.2, 0.25) is 0 Å². The van der Waals surface area contributed by atoms with Crippen molar-refractivity contribution in [2.24, 2.45) is 0 Å². The van der Waals surface area contributed by atoms with Crippen LogP contribution in [-0.2, 0) is 13.0 Å². The van der Waals surface area contributed by atoms with Crippen molar-refractivity contribution < 1.29 is 5.11 Å². The van der Waals surface area contributed by atoms with Gasteiger partial charge in [0.1, 0.15) is 0 Å². The zero-order chi connectivity index (χ0) is 15.9. The zero-order valence-electron chi connectivity index (χ0n) is 13.6. The molecule has 2 aromatic rings. The number of hydrogen-bond donors (Lipinski definition) is 2. The second-order valence-corrected chi connectivity index (χ2v) is 6.27. The molecule has 1 heterocycles. The standard InChI is InChI=1S/C20H26N2O/c23-15-12-17-6-8-20(9-7-17)22-13-10-19(11-14-22)21-16-18-4-2-1-3-5-18/h1-9,19,21,23H,10-16H2. The third kappa shape index (κ3) is 4.57. The van der Waals surface area contributed by atoms with Crippen LogP contribution in [0.4, 0.5) is 5.69 Å². The summed E-state index contributed by atoms with van der Waals surface area (Å²) in [6, 6.07) is 19.8. The Morgan fingerprint density at radius 2 is 1.61 bits per heavy atom. The molecule has 0 bridgehead atoms. The summed E-state index contributed by atoms with van der Waals surface area (Å²) < 4.78 is 0. The number of aliphatic hydroxyl groups is 1. The Hall–Kier alpha value is -1.84. The maximum absolute atomic E-state index is 8.98. The van der Waals surface area contributed by atoms with Crippen molar-refractivity contribution in [3.05, 3.63) is 65.7 Å². The van der Waals surface area contributed by atoms with Crippen molar-refractivity contribution in [2.45, 2.75) is 31.8 Å². The molecule has 0 unspecified atom stereocenters. The third-order valence-electron chi connectivity index (χ3n) is 4.63. The molecular formula is C20H26N2O. The SMILES string of the molecule is OCCc1ccc(N2CCC(NCc3ccccc3)CC2)cc1. The predicted octanol–water partition coefficient (Wildman–Crippen LogP) is 2.98. The number of rotatable bonds is 6. The third-order valence-corrected chi connectivity index (χ3v) is 4.63. The van der Waals surface area contributed by atoms with E-state index in [1.165, 1.54) is 29.7 Å². The lowest BCUT2D eigenvalue weighted by molar-refractivity contribution is 0.299. The van der Waals surface area contributed by atoms with E-state index in [2.05, 4.69) is 64.8 Å². The zero-order valence-corrected chi connectivity index (χ0v) is 13.6. The highest BCUT2D eigenvalue weighted by atomic mass is 16.2. The van der Waals surface area contributed by atoms with E-state index < -0.39 is 0 Å². The molecule has 3 rings (SSSR count). The minimum Gasteiger partial charge on any atom is -0.396 e. The Balaban J connectivity index is 1.46. The summed E-state index contributed by atoms with van der Waals surface area (Å²) in [5.74, 6) is 0. The second kappa shape index (κ2) is 8.14. The van der Waals surface area contributed by atoms with E-state index in [0.717, 1.165) is 26.1 Å². The fourth-order valence-corrected chi connectivity index (χ4v) is 3.20. The molecule has 23 heavy (non-hydrogen) atoms. The van der Waals surface area contributed by atoms with Crippen molar-refractivity contribution in [1.29, 1.82) is 0 Å². The summed E-state index contributed by atoms with van der Waals surface area (Å²) in [5.41, 5.74) is 3.86.